The summed E-state index contributed by atoms with van der Waals surface area (Å²) in [6.45, 7) is 5.64. The highest BCUT2D eigenvalue weighted by Crippen LogP contribution is 2.41. The second-order valence-corrected chi connectivity index (χ2v) is 6.03. The summed E-state index contributed by atoms with van der Waals surface area (Å²) in [6.07, 6.45) is 2.30. The predicted molar refractivity (Wildman–Crippen MR) is 77.6 cm³/mol. The molecule has 0 saturated heterocycles. The quantitative estimate of drug-likeness (QED) is 0.775. The van der Waals surface area contributed by atoms with Gasteiger partial charge in [-0.3, -0.25) is 0 Å². The molecule has 0 N–H and O–H groups in total. The Morgan fingerprint density at radius 1 is 1.37 bits per heavy atom. The Morgan fingerprint density at radius 3 is 2.53 bits per heavy atom. The molecule has 1 aliphatic heterocycles. The van der Waals surface area contributed by atoms with Crippen LogP contribution in [0.2, 0.25) is 0 Å². The molecule has 0 bridgehead atoms. The topological polar surface area (TPSA) is 36.3 Å². The number of methoxy groups -OCH3 is 1. The van der Waals surface area contributed by atoms with Crippen molar-refractivity contribution in [3.63, 3.8) is 0 Å². The van der Waals surface area contributed by atoms with Gasteiger partial charge in [0.1, 0.15) is 5.75 Å². The zero-order valence-electron chi connectivity index (χ0n) is 12.2. The van der Waals surface area contributed by atoms with Crippen LogP contribution >= 0.6 is 0 Å². The molecule has 3 rings (SSSR count). The molecule has 3 nitrogen and oxygen atoms in total. The standard InChI is InChI=1S/C12H17NO.C4H5N/c1-12(2)8-13(3)11-7-9(14-4)5-6-10(11)12;5-3-4-1-2-4/h5-7H,8H2,1-4H3;4H,1-2H2. The largest absolute Gasteiger partial charge is 0.497 e. The SMILES string of the molecule is COc1ccc2c(c1)N(C)CC2(C)C.N#CC1CC1. The van der Waals surface area contributed by atoms with Crippen molar-refractivity contribution in [2.24, 2.45) is 5.92 Å². The third-order valence-electron chi connectivity index (χ3n) is 3.74. The first-order valence-corrected chi connectivity index (χ1v) is 6.77. The van der Waals surface area contributed by atoms with Crippen LogP contribution in [0.1, 0.15) is 32.3 Å². The molecule has 1 saturated carbocycles. The van der Waals surface area contributed by atoms with Gasteiger partial charge in [0.25, 0.3) is 0 Å². The number of rotatable bonds is 1. The third kappa shape index (κ3) is 3.01. The predicted octanol–water partition coefficient (Wildman–Crippen LogP) is 3.34. The van der Waals surface area contributed by atoms with Gasteiger partial charge >= 0.3 is 0 Å². The molecule has 0 atom stereocenters. The van der Waals surface area contributed by atoms with Gasteiger partial charge in [-0.15, -0.1) is 0 Å². The van der Waals surface area contributed by atoms with E-state index in [1.165, 1.54) is 11.3 Å². The number of nitrogens with zero attached hydrogens (tertiary/aromatic N) is 2. The van der Waals surface area contributed by atoms with Crippen LogP contribution in [-0.2, 0) is 5.41 Å². The van der Waals surface area contributed by atoms with E-state index in [0.717, 1.165) is 25.1 Å². The number of nitriles is 1. The third-order valence-corrected chi connectivity index (χ3v) is 3.74. The molecule has 1 heterocycles. The Hall–Kier alpha value is -1.69. The summed E-state index contributed by atoms with van der Waals surface area (Å²) >= 11 is 0. The molecule has 102 valence electrons. The van der Waals surface area contributed by atoms with Gasteiger partial charge < -0.3 is 9.64 Å². The normalized spacial score (nSPS) is 19.0. The number of hydrogen-bond donors (Lipinski definition) is 0. The van der Waals surface area contributed by atoms with E-state index in [1.807, 2.05) is 6.07 Å². The first-order valence-electron chi connectivity index (χ1n) is 6.77. The highest BCUT2D eigenvalue weighted by atomic mass is 16.5. The molecule has 0 radical (unpaired) electrons. The summed E-state index contributed by atoms with van der Waals surface area (Å²) in [5, 5.41) is 7.96. The minimum Gasteiger partial charge on any atom is -0.497 e. The molecule has 19 heavy (non-hydrogen) atoms. The first-order chi connectivity index (χ1) is 8.97. The van der Waals surface area contributed by atoms with E-state index in [1.54, 1.807) is 7.11 Å². The number of ether oxygens (including phenoxy) is 1. The van der Waals surface area contributed by atoms with Gasteiger partial charge in [-0.1, -0.05) is 19.9 Å². The maximum atomic E-state index is 7.96. The second kappa shape index (κ2) is 5.13. The van der Waals surface area contributed by atoms with Gasteiger partial charge in [-0.2, -0.15) is 5.26 Å². The highest BCUT2D eigenvalue weighted by molar-refractivity contribution is 5.64. The summed E-state index contributed by atoms with van der Waals surface area (Å²) in [6, 6.07) is 8.47. The zero-order valence-corrected chi connectivity index (χ0v) is 12.2. The molecule has 1 aliphatic carbocycles. The van der Waals surface area contributed by atoms with E-state index < -0.39 is 0 Å². The lowest BCUT2D eigenvalue weighted by Crippen LogP contribution is -2.24. The van der Waals surface area contributed by atoms with Crippen molar-refractivity contribution in [1.29, 1.82) is 5.26 Å². The van der Waals surface area contributed by atoms with Crippen LogP contribution in [0.3, 0.4) is 0 Å². The fraction of sp³-hybridized carbons (Fsp3) is 0.562. The smallest absolute Gasteiger partial charge is 0.120 e. The Bertz CT molecular complexity index is 498. The van der Waals surface area contributed by atoms with E-state index in [0.29, 0.717) is 5.92 Å². The van der Waals surface area contributed by atoms with Crippen LogP contribution in [-0.4, -0.2) is 20.7 Å². The van der Waals surface area contributed by atoms with Crippen LogP contribution in [0.25, 0.3) is 0 Å². The summed E-state index contributed by atoms with van der Waals surface area (Å²) in [7, 11) is 3.84. The number of fused-ring (bicyclic) bond motifs is 1. The molecular weight excluding hydrogens is 236 g/mol. The number of hydrogen-bond acceptors (Lipinski definition) is 3. The van der Waals surface area contributed by atoms with E-state index in [-0.39, 0.29) is 5.41 Å². The van der Waals surface area contributed by atoms with Crippen LogP contribution in [0.15, 0.2) is 18.2 Å². The lowest BCUT2D eigenvalue weighted by Gasteiger charge is -2.18. The van der Waals surface area contributed by atoms with Crippen molar-refractivity contribution < 1.29 is 4.74 Å². The Labute approximate surface area is 115 Å². The molecule has 1 aromatic carbocycles. The van der Waals surface area contributed by atoms with E-state index in [9.17, 15) is 0 Å². The van der Waals surface area contributed by atoms with Crippen molar-refractivity contribution in [1.82, 2.24) is 0 Å². The van der Waals surface area contributed by atoms with Gasteiger partial charge in [0.15, 0.2) is 0 Å². The molecule has 0 spiro atoms. The van der Waals surface area contributed by atoms with Gasteiger partial charge in [-0.25, -0.2) is 0 Å². The van der Waals surface area contributed by atoms with Gasteiger partial charge in [0, 0.05) is 36.7 Å². The van der Waals surface area contributed by atoms with E-state index in [4.69, 9.17) is 10.00 Å². The summed E-state index contributed by atoms with van der Waals surface area (Å²) in [5.74, 6) is 1.38. The van der Waals surface area contributed by atoms with Crippen LogP contribution in [0.4, 0.5) is 5.69 Å². The van der Waals surface area contributed by atoms with E-state index in [2.05, 4.69) is 44.0 Å². The van der Waals surface area contributed by atoms with Crippen LogP contribution in [0, 0.1) is 17.2 Å². The number of likely N-dealkylation sites (N-methyl/N-ethyl adjacent to an activating group) is 1. The van der Waals surface area contributed by atoms with Crippen molar-refractivity contribution in [2.45, 2.75) is 32.1 Å². The highest BCUT2D eigenvalue weighted by Gasteiger charge is 2.33. The lowest BCUT2D eigenvalue weighted by atomic mass is 9.87. The van der Waals surface area contributed by atoms with Crippen LogP contribution < -0.4 is 9.64 Å². The molecular formula is C16H22N2O. The molecule has 2 aliphatic rings. The second-order valence-electron chi connectivity index (χ2n) is 6.03. The van der Waals surface area contributed by atoms with Gasteiger partial charge in [-0.05, 0) is 24.5 Å². The van der Waals surface area contributed by atoms with Crippen molar-refractivity contribution in [3.05, 3.63) is 23.8 Å². The number of anilines is 1. The van der Waals surface area contributed by atoms with Crippen LogP contribution in [0.5, 0.6) is 5.75 Å². The molecule has 0 unspecified atom stereocenters. The zero-order chi connectivity index (χ0) is 14.0. The lowest BCUT2D eigenvalue weighted by molar-refractivity contribution is 0.415. The fourth-order valence-electron chi connectivity index (χ4n) is 2.50. The summed E-state index contributed by atoms with van der Waals surface area (Å²) in [4.78, 5) is 2.29. The summed E-state index contributed by atoms with van der Waals surface area (Å²) < 4.78 is 5.23. The minimum atomic E-state index is 0.260. The Morgan fingerprint density at radius 2 is 2.05 bits per heavy atom. The van der Waals surface area contributed by atoms with Crippen molar-refractivity contribution >= 4 is 5.69 Å². The summed E-state index contributed by atoms with van der Waals surface area (Å²) in [5.41, 5.74) is 2.98. The molecule has 1 aromatic rings. The molecule has 3 heteroatoms. The maximum absolute atomic E-state index is 7.96. The Balaban J connectivity index is 0.000000224. The van der Waals surface area contributed by atoms with Gasteiger partial charge in [0.2, 0.25) is 0 Å². The van der Waals surface area contributed by atoms with Crippen molar-refractivity contribution in [3.8, 4) is 11.8 Å². The number of benzene rings is 1. The first kappa shape index (κ1) is 13.7. The molecule has 0 aromatic heterocycles. The maximum Gasteiger partial charge on any atom is 0.120 e. The average molecular weight is 258 g/mol. The fourth-order valence-corrected chi connectivity index (χ4v) is 2.50. The van der Waals surface area contributed by atoms with Gasteiger partial charge in [0.05, 0.1) is 13.2 Å². The minimum absolute atomic E-state index is 0.260. The Kier molecular flexibility index (Phi) is 3.71. The van der Waals surface area contributed by atoms with Crippen molar-refractivity contribution in [2.75, 3.05) is 25.6 Å². The average Bonchev–Trinajstić information content (AvgIpc) is 3.18. The molecule has 0 amide bonds. The van der Waals surface area contributed by atoms with E-state index >= 15 is 0 Å². The molecule has 1 fully saturated rings. The monoisotopic (exact) mass is 258 g/mol.